The van der Waals surface area contributed by atoms with Gasteiger partial charge in [0.1, 0.15) is 0 Å². The van der Waals surface area contributed by atoms with E-state index in [0.717, 1.165) is 0 Å². The van der Waals surface area contributed by atoms with Gasteiger partial charge in [-0.25, -0.2) is 4.79 Å². The zero-order chi connectivity index (χ0) is 11.1. The minimum atomic E-state index is -0.467. The molecule has 0 bridgehead atoms. The third-order valence-electron chi connectivity index (χ3n) is 1.79. The quantitative estimate of drug-likeness (QED) is 0.427. The number of carbonyl (C=O) groups is 1. The minimum absolute atomic E-state index is 0.292. The van der Waals surface area contributed by atoms with Gasteiger partial charge in [-0.2, -0.15) is 5.26 Å². The third-order valence-corrected chi connectivity index (χ3v) is 1.79. The van der Waals surface area contributed by atoms with E-state index >= 15 is 0 Å². The average Bonchev–Trinajstić information content (AvgIpc) is 2.27. The number of nitrogens with zero attached hydrogens (tertiary/aromatic N) is 1. The van der Waals surface area contributed by atoms with Crippen LogP contribution in [-0.4, -0.2) is 12.6 Å². The summed E-state index contributed by atoms with van der Waals surface area (Å²) in [7, 11) is 0. The predicted molar refractivity (Wildman–Crippen MR) is 56.7 cm³/mol. The molecule has 0 heterocycles. The summed E-state index contributed by atoms with van der Waals surface area (Å²) in [5, 5.41) is 8.58. The lowest BCUT2D eigenvalue weighted by molar-refractivity contribution is -0.136. The molecule has 0 radical (unpaired) electrons. The molecule has 0 atom stereocenters. The van der Waals surface area contributed by atoms with E-state index in [9.17, 15) is 4.79 Å². The van der Waals surface area contributed by atoms with Gasteiger partial charge >= 0.3 is 5.97 Å². The number of allylic oxidation sites excluding steroid dienone is 1. The van der Waals surface area contributed by atoms with Gasteiger partial charge in [-0.1, -0.05) is 30.3 Å². The second-order valence-electron chi connectivity index (χ2n) is 2.77. The van der Waals surface area contributed by atoms with Crippen molar-refractivity contribution in [2.75, 3.05) is 6.61 Å². The van der Waals surface area contributed by atoms with Crippen molar-refractivity contribution in [1.29, 1.82) is 5.26 Å². The maximum atomic E-state index is 11.5. The molecule has 0 N–H and O–H groups in total. The Hall–Kier alpha value is -2.08. The van der Waals surface area contributed by atoms with Crippen LogP contribution in [0.5, 0.6) is 0 Å². The standard InChI is InChI=1S/C12H11NO2/c1-2-15-12(14)11(8-9-13)10-6-4-3-5-7-10/h3-8H,2H2,1H3. The van der Waals surface area contributed by atoms with Crippen molar-refractivity contribution in [3.05, 3.63) is 42.0 Å². The normalized spacial score (nSPS) is 10.5. The van der Waals surface area contributed by atoms with Crippen LogP contribution in [0.2, 0.25) is 0 Å². The van der Waals surface area contributed by atoms with E-state index in [1.165, 1.54) is 6.08 Å². The summed E-state index contributed by atoms with van der Waals surface area (Å²) in [6.07, 6.45) is 1.20. The maximum Gasteiger partial charge on any atom is 0.339 e. The largest absolute Gasteiger partial charge is 0.462 e. The molecule has 0 saturated carbocycles. The van der Waals surface area contributed by atoms with E-state index in [1.54, 1.807) is 31.2 Å². The van der Waals surface area contributed by atoms with Gasteiger partial charge in [-0.05, 0) is 12.5 Å². The van der Waals surface area contributed by atoms with Crippen LogP contribution < -0.4 is 0 Å². The highest BCUT2D eigenvalue weighted by atomic mass is 16.5. The number of nitriles is 1. The molecule has 0 aliphatic heterocycles. The third kappa shape index (κ3) is 2.96. The molecule has 1 rings (SSSR count). The molecule has 0 saturated heterocycles. The topological polar surface area (TPSA) is 50.1 Å². The van der Waals surface area contributed by atoms with E-state index in [1.807, 2.05) is 12.1 Å². The van der Waals surface area contributed by atoms with Gasteiger partial charge in [0, 0.05) is 6.08 Å². The number of rotatable bonds is 3. The van der Waals surface area contributed by atoms with Crippen molar-refractivity contribution < 1.29 is 9.53 Å². The summed E-state index contributed by atoms with van der Waals surface area (Å²) in [6.45, 7) is 2.03. The summed E-state index contributed by atoms with van der Waals surface area (Å²) in [6, 6.07) is 10.8. The van der Waals surface area contributed by atoms with E-state index in [-0.39, 0.29) is 0 Å². The monoisotopic (exact) mass is 201 g/mol. The highest BCUT2D eigenvalue weighted by molar-refractivity contribution is 6.16. The van der Waals surface area contributed by atoms with Gasteiger partial charge < -0.3 is 4.74 Å². The first-order valence-corrected chi connectivity index (χ1v) is 4.62. The van der Waals surface area contributed by atoms with Gasteiger partial charge in [0.25, 0.3) is 0 Å². The molecule has 0 aliphatic rings. The fourth-order valence-electron chi connectivity index (χ4n) is 1.15. The Morgan fingerprint density at radius 1 is 1.47 bits per heavy atom. The smallest absolute Gasteiger partial charge is 0.339 e. The summed E-state index contributed by atoms with van der Waals surface area (Å²) in [4.78, 5) is 11.5. The molecule has 76 valence electrons. The Bertz CT molecular complexity index is 401. The molecular weight excluding hydrogens is 190 g/mol. The van der Waals surface area contributed by atoms with Gasteiger partial charge in [0.05, 0.1) is 18.2 Å². The number of benzene rings is 1. The van der Waals surface area contributed by atoms with Crippen molar-refractivity contribution >= 4 is 11.5 Å². The lowest BCUT2D eigenvalue weighted by Crippen LogP contribution is -2.06. The van der Waals surface area contributed by atoms with Crippen molar-refractivity contribution in [1.82, 2.24) is 0 Å². The Morgan fingerprint density at radius 2 is 2.13 bits per heavy atom. The molecule has 0 amide bonds. The average molecular weight is 201 g/mol. The highest BCUT2D eigenvalue weighted by Crippen LogP contribution is 2.15. The Morgan fingerprint density at radius 3 is 2.67 bits per heavy atom. The number of carbonyl (C=O) groups excluding carboxylic acids is 1. The highest BCUT2D eigenvalue weighted by Gasteiger charge is 2.11. The summed E-state index contributed by atoms with van der Waals surface area (Å²) in [5.41, 5.74) is 0.984. The van der Waals surface area contributed by atoms with Crippen LogP contribution in [0.3, 0.4) is 0 Å². The first kappa shape index (κ1) is 11.0. The molecule has 3 heteroatoms. The molecule has 1 aromatic carbocycles. The van der Waals surface area contributed by atoms with Gasteiger partial charge in [0.2, 0.25) is 0 Å². The van der Waals surface area contributed by atoms with Crippen LogP contribution in [0, 0.1) is 11.3 Å². The van der Waals surface area contributed by atoms with Crippen LogP contribution in [0.1, 0.15) is 12.5 Å². The fraction of sp³-hybridized carbons (Fsp3) is 0.167. The Labute approximate surface area is 88.6 Å². The number of ether oxygens (including phenoxy) is 1. The first-order valence-electron chi connectivity index (χ1n) is 4.62. The molecule has 0 aromatic heterocycles. The Balaban J connectivity index is 3.01. The zero-order valence-electron chi connectivity index (χ0n) is 8.43. The van der Waals surface area contributed by atoms with Crippen LogP contribution in [0.4, 0.5) is 0 Å². The van der Waals surface area contributed by atoms with E-state index in [2.05, 4.69) is 0 Å². The lowest BCUT2D eigenvalue weighted by Gasteiger charge is -2.05. The second-order valence-corrected chi connectivity index (χ2v) is 2.77. The summed E-state index contributed by atoms with van der Waals surface area (Å²) < 4.78 is 4.85. The number of esters is 1. The van der Waals surface area contributed by atoms with Crippen LogP contribution >= 0.6 is 0 Å². The summed E-state index contributed by atoms with van der Waals surface area (Å²) >= 11 is 0. The van der Waals surface area contributed by atoms with E-state index in [4.69, 9.17) is 10.00 Å². The van der Waals surface area contributed by atoms with E-state index < -0.39 is 5.97 Å². The van der Waals surface area contributed by atoms with Crippen LogP contribution in [-0.2, 0) is 9.53 Å². The van der Waals surface area contributed by atoms with Gasteiger partial charge in [-0.15, -0.1) is 0 Å². The molecule has 0 unspecified atom stereocenters. The molecule has 0 aliphatic carbocycles. The van der Waals surface area contributed by atoms with Gasteiger partial charge in [0.15, 0.2) is 0 Å². The van der Waals surface area contributed by atoms with Crippen LogP contribution in [0.25, 0.3) is 5.57 Å². The SMILES string of the molecule is CCOC(=O)C(=CC#N)c1ccccc1. The molecule has 0 fully saturated rings. The molecular formula is C12H11NO2. The predicted octanol–water partition coefficient (Wildman–Crippen LogP) is 2.16. The fourth-order valence-corrected chi connectivity index (χ4v) is 1.15. The van der Waals surface area contributed by atoms with Crippen molar-refractivity contribution in [2.45, 2.75) is 6.92 Å². The zero-order valence-corrected chi connectivity index (χ0v) is 8.43. The molecule has 15 heavy (non-hydrogen) atoms. The van der Waals surface area contributed by atoms with Crippen molar-refractivity contribution in [3.8, 4) is 6.07 Å². The minimum Gasteiger partial charge on any atom is -0.462 e. The molecule has 0 spiro atoms. The number of hydrogen-bond donors (Lipinski definition) is 0. The molecule has 3 nitrogen and oxygen atoms in total. The Kier molecular flexibility index (Phi) is 4.11. The lowest BCUT2D eigenvalue weighted by atomic mass is 10.1. The molecule has 1 aromatic rings. The summed E-state index contributed by atoms with van der Waals surface area (Å²) in [5.74, 6) is -0.467. The first-order chi connectivity index (χ1) is 7.29. The number of hydrogen-bond acceptors (Lipinski definition) is 3. The van der Waals surface area contributed by atoms with Crippen molar-refractivity contribution in [3.63, 3.8) is 0 Å². The van der Waals surface area contributed by atoms with Crippen LogP contribution in [0.15, 0.2) is 36.4 Å². The van der Waals surface area contributed by atoms with Crippen molar-refractivity contribution in [2.24, 2.45) is 0 Å². The second kappa shape index (κ2) is 5.61. The van der Waals surface area contributed by atoms with E-state index in [0.29, 0.717) is 17.7 Å². The van der Waals surface area contributed by atoms with Gasteiger partial charge in [-0.3, -0.25) is 0 Å². The maximum absolute atomic E-state index is 11.5.